The number of halogens is 1. The Bertz CT molecular complexity index is 871. The maximum absolute atomic E-state index is 12.2. The van der Waals surface area contributed by atoms with Crippen LogP contribution in [0.25, 0.3) is 0 Å². The number of rotatable bonds is 8. The Morgan fingerprint density at radius 1 is 1.07 bits per heavy atom. The molecule has 0 spiro atoms. The van der Waals surface area contributed by atoms with Crippen LogP contribution in [-0.4, -0.2) is 21.9 Å². The van der Waals surface area contributed by atoms with Crippen molar-refractivity contribution in [3.05, 3.63) is 70.7 Å². The molecule has 4 nitrogen and oxygen atoms in total. The largest absolute Gasteiger partial charge is 0.349 e. The summed E-state index contributed by atoms with van der Waals surface area (Å²) >= 11 is 10.4. The van der Waals surface area contributed by atoms with Crippen LogP contribution in [0.5, 0.6) is 0 Å². The van der Waals surface area contributed by atoms with Crippen molar-refractivity contribution in [2.45, 2.75) is 27.4 Å². The van der Waals surface area contributed by atoms with E-state index in [1.54, 1.807) is 11.8 Å². The smallest absolute Gasteiger partial charge is 0.230 e. The Labute approximate surface area is 176 Å². The predicted molar refractivity (Wildman–Crippen MR) is 115 cm³/mol. The molecule has 0 unspecified atom stereocenters. The van der Waals surface area contributed by atoms with E-state index in [2.05, 4.69) is 15.5 Å². The van der Waals surface area contributed by atoms with Gasteiger partial charge in [0.05, 0.1) is 11.8 Å². The number of carbonyl (C=O) groups excluding carboxylic acids is 1. The van der Waals surface area contributed by atoms with Gasteiger partial charge in [-0.1, -0.05) is 88.9 Å². The Kier molecular flexibility index (Phi) is 7.58. The second kappa shape index (κ2) is 10.1. The van der Waals surface area contributed by atoms with Gasteiger partial charge in [-0.05, 0) is 30.2 Å². The number of benzene rings is 2. The summed E-state index contributed by atoms with van der Waals surface area (Å²) in [6.07, 6.45) is 0. The summed E-state index contributed by atoms with van der Waals surface area (Å²) in [6, 6.07) is 17.7. The third-order valence-corrected chi connectivity index (χ3v) is 7.18. The van der Waals surface area contributed by atoms with Crippen LogP contribution in [0.4, 0.5) is 0 Å². The second-order valence-corrected chi connectivity index (χ2v) is 9.60. The van der Waals surface area contributed by atoms with Gasteiger partial charge in [-0.2, -0.15) is 0 Å². The molecule has 3 rings (SSSR count). The van der Waals surface area contributed by atoms with Crippen LogP contribution >= 0.6 is 46.5 Å². The van der Waals surface area contributed by atoms with E-state index in [0.717, 1.165) is 25.0 Å². The lowest BCUT2D eigenvalue weighted by atomic mass is 10.1. The van der Waals surface area contributed by atoms with Crippen LogP contribution in [0, 0.1) is 0 Å². The highest BCUT2D eigenvalue weighted by Gasteiger charge is 2.12. The first-order valence-corrected chi connectivity index (χ1v) is 11.4. The van der Waals surface area contributed by atoms with Gasteiger partial charge in [-0.3, -0.25) is 4.79 Å². The summed E-state index contributed by atoms with van der Waals surface area (Å²) in [4.78, 5) is 12.2. The Balaban J connectivity index is 1.43. The van der Waals surface area contributed by atoms with E-state index in [4.69, 9.17) is 11.6 Å². The highest BCUT2D eigenvalue weighted by Crippen LogP contribution is 2.30. The lowest BCUT2D eigenvalue weighted by Crippen LogP contribution is -2.28. The van der Waals surface area contributed by atoms with Gasteiger partial charge in [0.1, 0.15) is 0 Å². The van der Waals surface area contributed by atoms with E-state index in [-0.39, 0.29) is 11.9 Å². The van der Waals surface area contributed by atoms with Crippen LogP contribution < -0.4 is 5.32 Å². The van der Waals surface area contributed by atoms with Crippen molar-refractivity contribution in [1.82, 2.24) is 15.5 Å². The fourth-order valence-corrected chi connectivity index (χ4v) is 5.19. The predicted octanol–water partition coefficient (Wildman–Crippen LogP) is 5.45. The summed E-state index contributed by atoms with van der Waals surface area (Å²) in [7, 11) is 0. The van der Waals surface area contributed by atoms with Crippen molar-refractivity contribution in [2.24, 2.45) is 0 Å². The van der Waals surface area contributed by atoms with E-state index in [9.17, 15) is 4.79 Å². The van der Waals surface area contributed by atoms with Crippen LogP contribution in [-0.2, 0) is 10.5 Å². The fourth-order valence-electron chi connectivity index (χ4n) is 2.28. The lowest BCUT2D eigenvalue weighted by molar-refractivity contribution is -0.119. The van der Waals surface area contributed by atoms with Crippen molar-refractivity contribution in [2.75, 3.05) is 5.75 Å². The van der Waals surface area contributed by atoms with Crippen LogP contribution in [0.1, 0.15) is 24.1 Å². The van der Waals surface area contributed by atoms with E-state index in [1.807, 2.05) is 61.5 Å². The lowest BCUT2D eigenvalue weighted by Gasteiger charge is -2.13. The summed E-state index contributed by atoms with van der Waals surface area (Å²) in [5.41, 5.74) is 2.27. The minimum Gasteiger partial charge on any atom is -0.349 e. The van der Waals surface area contributed by atoms with E-state index in [1.165, 1.54) is 28.7 Å². The molecular weight excluding hydrogens is 418 g/mol. The molecule has 0 aliphatic heterocycles. The van der Waals surface area contributed by atoms with Crippen LogP contribution in [0.2, 0.25) is 5.02 Å². The van der Waals surface area contributed by atoms with Gasteiger partial charge in [-0.15, -0.1) is 10.2 Å². The number of aromatic nitrogens is 2. The summed E-state index contributed by atoms with van der Waals surface area (Å²) in [5, 5.41) is 12.1. The van der Waals surface area contributed by atoms with Crippen LogP contribution in [0.15, 0.2) is 63.3 Å². The fraction of sp³-hybridized carbons (Fsp3) is 0.211. The zero-order valence-corrected chi connectivity index (χ0v) is 17.8. The Hall–Kier alpha value is -1.54. The van der Waals surface area contributed by atoms with Crippen molar-refractivity contribution >= 4 is 52.4 Å². The molecule has 0 radical (unpaired) electrons. The van der Waals surface area contributed by atoms with E-state index >= 15 is 0 Å². The minimum atomic E-state index is -0.0146. The van der Waals surface area contributed by atoms with Gasteiger partial charge in [0.2, 0.25) is 5.91 Å². The summed E-state index contributed by atoms with van der Waals surface area (Å²) in [5.74, 6) is 1.13. The number of carbonyl (C=O) groups is 1. The maximum atomic E-state index is 12.2. The topological polar surface area (TPSA) is 54.9 Å². The highest BCUT2D eigenvalue weighted by atomic mass is 35.5. The molecule has 0 saturated heterocycles. The number of hydrogen-bond acceptors (Lipinski definition) is 6. The summed E-state index contributed by atoms with van der Waals surface area (Å²) < 4.78 is 1.70. The molecular formula is C19H18ClN3OS3. The first-order chi connectivity index (χ1) is 13.1. The molecule has 8 heteroatoms. The number of nitrogens with one attached hydrogen (secondary N) is 1. The molecule has 1 atom stereocenters. The van der Waals surface area contributed by atoms with Gasteiger partial charge in [-0.25, -0.2) is 0 Å². The molecule has 1 heterocycles. The van der Waals surface area contributed by atoms with E-state index < -0.39 is 0 Å². The molecule has 140 valence electrons. The Morgan fingerprint density at radius 2 is 1.74 bits per heavy atom. The number of thioether (sulfide) groups is 2. The number of amides is 1. The van der Waals surface area contributed by atoms with Gasteiger partial charge in [0.15, 0.2) is 8.68 Å². The standard InChI is InChI=1S/C19H18ClN3OS3/c1-13(15-5-3-2-4-6-15)21-17(24)12-26-19-23-22-18(27-19)25-11-14-7-9-16(20)10-8-14/h2-10,13H,11-12H2,1H3,(H,21,24)/t13-/m1/s1. The van der Waals surface area contributed by atoms with Gasteiger partial charge >= 0.3 is 0 Å². The molecule has 3 aromatic rings. The third kappa shape index (κ3) is 6.53. The van der Waals surface area contributed by atoms with Gasteiger partial charge < -0.3 is 5.32 Å². The average molecular weight is 436 g/mol. The van der Waals surface area contributed by atoms with Crippen molar-refractivity contribution in [3.63, 3.8) is 0 Å². The van der Waals surface area contributed by atoms with Crippen LogP contribution in [0.3, 0.4) is 0 Å². The molecule has 1 aromatic heterocycles. The first-order valence-electron chi connectivity index (χ1n) is 8.28. The molecule has 0 fully saturated rings. The summed E-state index contributed by atoms with van der Waals surface area (Å²) in [6.45, 7) is 1.98. The van der Waals surface area contributed by atoms with E-state index in [0.29, 0.717) is 5.75 Å². The third-order valence-electron chi connectivity index (χ3n) is 3.67. The zero-order chi connectivity index (χ0) is 19.1. The molecule has 1 N–H and O–H groups in total. The monoisotopic (exact) mass is 435 g/mol. The molecule has 0 saturated carbocycles. The molecule has 27 heavy (non-hydrogen) atoms. The molecule has 0 aliphatic carbocycles. The second-order valence-electron chi connectivity index (χ2n) is 5.74. The molecule has 0 aliphatic rings. The minimum absolute atomic E-state index is 0.0121. The molecule has 2 aromatic carbocycles. The van der Waals surface area contributed by atoms with Gasteiger partial charge in [0, 0.05) is 10.8 Å². The normalized spacial score (nSPS) is 11.9. The average Bonchev–Trinajstić information content (AvgIpc) is 3.14. The first kappa shape index (κ1) is 20.2. The quantitative estimate of drug-likeness (QED) is 0.476. The molecule has 1 amide bonds. The maximum Gasteiger partial charge on any atom is 0.230 e. The highest BCUT2D eigenvalue weighted by molar-refractivity contribution is 8.03. The molecule has 0 bridgehead atoms. The van der Waals surface area contributed by atoms with Crippen molar-refractivity contribution < 1.29 is 4.79 Å². The number of nitrogens with zero attached hydrogens (tertiary/aromatic N) is 2. The van der Waals surface area contributed by atoms with Crippen molar-refractivity contribution in [3.8, 4) is 0 Å². The number of hydrogen-bond donors (Lipinski definition) is 1. The zero-order valence-electron chi connectivity index (χ0n) is 14.6. The van der Waals surface area contributed by atoms with Gasteiger partial charge in [0.25, 0.3) is 0 Å². The Morgan fingerprint density at radius 3 is 2.44 bits per heavy atom. The SMILES string of the molecule is C[C@@H](NC(=O)CSc1nnc(SCc2ccc(Cl)cc2)s1)c1ccccc1. The van der Waals surface area contributed by atoms with Crippen molar-refractivity contribution in [1.29, 1.82) is 0 Å².